The van der Waals surface area contributed by atoms with Crippen molar-refractivity contribution in [2.75, 3.05) is 13.2 Å². The molecule has 1 aliphatic rings. The lowest BCUT2D eigenvalue weighted by atomic mass is 9.89. The van der Waals surface area contributed by atoms with Crippen molar-refractivity contribution in [3.8, 4) is 0 Å². The molecule has 0 saturated carbocycles. The number of aliphatic hydroxyl groups is 1. The fourth-order valence-electron chi connectivity index (χ4n) is 1.58. The molecule has 0 spiro atoms. The van der Waals surface area contributed by atoms with Gasteiger partial charge in [0, 0.05) is 12.5 Å². The predicted octanol–water partition coefficient (Wildman–Crippen LogP) is 1.35. The summed E-state index contributed by atoms with van der Waals surface area (Å²) in [6.45, 7) is 6.80. The van der Waals surface area contributed by atoms with E-state index >= 15 is 0 Å². The monoisotopic (exact) mass is 156 g/mol. The van der Waals surface area contributed by atoms with Crippen molar-refractivity contribution in [3.05, 3.63) is 12.2 Å². The second kappa shape index (κ2) is 3.88. The first-order valence-corrected chi connectivity index (χ1v) is 4.13. The van der Waals surface area contributed by atoms with Crippen molar-refractivity contribution in [1.82, 2.24) is 0 Å². The number of hydrogen-bond donors (Lipinski definition) is 1. The third-order valence-corrected chi connectivity index (χ3v) is 2.25. The predicted molar refractivity (Wildman–Crippen MR) is 44.4 cm³/mol. The zero-order valence-electron chi connectivity index (χ0n) is 7.05. The SMILES string of the molecule is C=C(C)[C@H]1CCCO[C@@H]1CO. The van der Waals surface area contributed by atoms with Crippen LogP contribution in [0.2, 0.25) is 0 Å². The Balaban J connectivity index is 2.51. The zero-order chi connectivity index (χ0) is 8.27. The lowest BCUT2D eigenvalue weighted by molar-refractivity contribution is -0.0441. The molecule has 0 bridgehead atoms. The van der Waals surface area contributed by atoms with E-state index in [2.05, 4.69) is 6.58 Å². The zero-order valence-corrected chi connectivity index (χ0v) is 7.05. The van der Waals surface area contributed by atoms with E-state index in [1.165, 1.54) is 0 Å². The number of hydrogen-bond acceptors (Lipinski definition) is 2. The van der Waals surface area contributed by atoms with Gasteiger partial charge in [0.1, 0.15) is 0 Å². The van der Waals surface area contributed by atoms with E-state index in [0.29, 0.717) is 5.92 Å². The molecule has 0 aromatic heterocycles. The Morgan fingerprint density at radius 3 is 2.91 bits per heavy atom. The van der Waals surface area contributed by atoms with E-state index in [0.717, 1.165) is 25.0 Å². The fraction of sp³-hybridized carbons (Fsp3) is 0.778. The summed E-state index contributed by atoms with van der Waals surface area (Å²) in [5.41, 5.74) is 1.13. The molecule has 0 aromatic rings. The molecule has 2 atom stereocenters. The molecule has 0 aliphatic carbocycles. The van der Waals surface area contributed by atoms with Gasteiger partial charge in [-0.25, -0.2) is 0 Å². The first-order valence-electron chi connectivity index (χ1n) is 4.13. The minimum atomic E-state index is 0.00116. The van der Waals surface area contributed by atoms with Crippen LogP contribution in [0.1, 0.15) is 19.8 Å². The molecule has 2 nitrogen and oxygen atoms in total. The molecular formula is C9H16O2. The maximum atomic E-state index is 8.94. The average molecular weight is 156 g/mol. The van der Waals surface area contributed by atoms with Crippen LogP contribution in [0.25, 0.3) is 0 Å². The van der Waals surface area contributed by atoms with Gasteiger partial charge in [0.25, 0.3) is 0 Å². The van der Waals surface area contributed by atoms with Crippen molar-refractivity contribution < 1.29 is 9.84 Å². The Labute approximate surface area is 67.9 Å². The lowest BCUT2D eigenvalue weighted by Gasteiger charge is -2.30. The van der Waals surface area contributed by atoms with Gasteiger partial charge in [-0.2, -0.15) is 0 Å². The Kier molecular flexibility index (Phi) is 3.09. The molecule has 1 N–H and O–H groups in total. The van der Waals surface area contributed by atoms with Crippen molar-refractivity contribution in [1.29, 1.82) is 0 Å². The number of ether oxygens (including phenoxy) is 1. The molecule has 64 valence electrons. The maximum absolute atomic E-state index is 8.94. The molecule has 1 aliphatic heterocycles. The summed E-state index contributed by atoms with van der Waals surface area (Å²) in [4.78, 5) is 0. The molecule has 1 heterocycles. The van der Waals surface area contributed by atoms with Crippen LogP contribution in [0.3, 0.4) is 0 Å². The van der Waals surface area contributed by atoms with Gasteiger partial charge in [-0.1, -0.05) is 12.2 Å². The minimum absolute atomic E-state index is 0.00116. The second-order valence-corrected chi connectivity index (χ2v) is 3.19. The van der Waals surface area contributed by atoms with E-state index in [1.54, 1.807) is 0 Å². The number of rotatable bonds is 2. The molecule has 2 heteroatoms. The Hall–Kier alpha value is -0.340. The summed E-state index contributed by atoms with van der Waals surface area (Å²) in [6.07, 6.45) is 2.20. The topological polar surface area (TPSA) is 29.5 Å². The average Bonchev–Trinajstić information content (AvgIpc) is 2.04. The highest BCUT2D eigenvalue weighted by molar-refractivity contribution is 5.00. The highest BCUT2D eigenvalue weighted by Crippen LogP contribution is 2.25. The van der Waals surface area contributed by atoms with Crippen LogP contribution in [-0.4, -0.2) is 24.4 Å². The third kappa shape index (κ3) is 2.04. The van der Waals surface area contributed by atoms with Crippen molar-refractivity contribution in [2.24, 2.45) is 5.92 Å². The smallest absolute Gasteiger partial charge is 0.0870 e. The van der Waals surface area contributed by atoms with E-state index in [9.17, 15) is 0 Å². The summed E-state index contributed by atoms with van der Waals surface area (Å²) in [6, 6.07) is 0. The van der Waals surface area contributed by atoms with Crippen LogP contribution in [0.15, 0.2) is 12.2 Å². The largest absolute Gasteiger partial charge is 0.394 e. The van der Waals surface area contributed by atoms with Crippen molar-refractivity contribution in [2.45, 2.75) is 25.9 Å². The highest BCUT2D eigenvalue weighted by Gasteiger charge is 2.25. The standard InChI is InChI=1S/C9H16O2/c1-7(2)8-4-3-5-11-9(8)6-10/h8-10H,1,3-6H2,2H3/t8-,9-/m1/s1. The summed E-state index contributed by atoms with van der Waals surface area (Å²) < 4.78 is 5.39. The highest BCUT2D eigenvalue weighted by atomic mass is 16.5. The molecule has 0 aromatic carbocycles. The molecule has 1 rings (SSSR count). The molecule has 0 unspecified atom stereocenters. The van der Waals surface area contributed by atoms with Gasteiger partial charge < -0.3 is 9.84 Å². The maximum Gasteiger partial charge on any atom is 0.0870 e. The normalized spacial score (nSPS) is 31.8. The molecular weight excluding hydrogens is 140 g/mol. The Morgan fingerprint density at radius 2 is 2.45 bits per heavy atom. The van der Waals surface area contributed by atoms with Crippen molar-refractivity contribution >= 4 is 0 Å². The molecule has 1 fully saturated rings. The number of aliphatic hydroxyl groups excluding tert-OH is 1. The van der Waals surface area contributed by atoms with Crippen molar-refractivity contribution in [3.63, 3.8) is 0 Å². The molecule has 0 amide bonds. The van der Waals surface area contributed by atoms with Gasteiger partial charge in [0.2, 0.25) is 0 Å². The summed E-state index contributed by atoms with van der Waals surface area (Å²) in [5, 5.41) is 8.94. The van der Waals surface area contributed by atoms with Crippen LogP contribution in [-0.2, 0) is 4.74 Å². The Bertz CT molecular complexity index is 142. The van der Waals surface area contributed by atoms with E-state index in [-0.39, 0.29) is 12.7 Å². The van der Waals surface area contributed by atoms with E-state index in [1.807, 2.05) is 6.92 Å². The van der Waals surface area contributed by atoms with E-state index in [4.69, 9.17) is 9.84 Å². The van der Waals surface area contributed by atoms with Gasteiger partial charge in [0.15, 0.2) is 0 Å². The Morgan fingerprint density at radius 1 is 1.73 bits per heavy atom. The first kappa shape index (κ1) is 8.75. The van der Waals surface area contributed by atoms with E-state index < -0.39 is 0 Å². The molecule has 11 heavy (non-hydrogen) atoms. The van der Waals surface area contributed by atoms with Crippen LogP contribution < -0.4 is 0 Å². The quantitative estimate of drug-likeness (QED) is 0.611. The van der Waals surface area contributed by atoms with Gasteiger partial charge in [-0.15, -0.1) is 0 Å². The van der Waals surface area contributed by atoms with Crippen LogP contribution >= 0.6 is 0 Å². The summed E-state index contributed by atoms with van der Waals surface area (Å²) >= 11 is 0. The van der Waals surface area contributed by atoms with Gasteiger partial charge >= 0.3 is 0 Å². The molecule has 1 saturated heterocycles. The van der Waals surface area contributed by atoms with Crippen LogP contribution in [0, 0.1) is 5.92 Å². The third-order valence-electron chi connectivity index (χ3n) is 2.25. The van der Waals surface area contributed by atoms with Gasteiger partial charge in [0.05, 0.1) is 12.7 Å². The van der Waals surface area contributed by atoms with Crippen LogP contribution in [0.4, 0.5) is 0 Å². The van der Waals surface area contributed by atoms with Gasteiger partial charge in [-0.3, -0.25) is 0 Å². The minimum Gasteiger partial charge on any atom is -0.394 e. The fourth-order valence-corrected chi connectivity index (χ4v) is 1.58. The lowest BCUT2D eigenvalue weighted by Crippen LogP contribution is -2.32. The molecule has 0 radical (unpaired) electrons. The summed E-state index contributed by atoms with van der Waals surface area (Å²) in [5.74, 6) is 0.369. The second-order valence-electron chi connectivity index (χ2n) is 3.19. The van der Waals surface area contributed by atoms with Gasteiger partial charge in [-0.05, 0) is 19.8 Å². The first-order chi connectivity index (χ1) is 5.25. The summed E-state index contributed by atoms with van der Waals surface area (Å²) in [7, 11) is 0. The van der Waals surface area contributed by atoms with Crippen LogP contribution in [0.5, 0.6) is 0 Å².